The number of carbonyl (C=O) groups is 1. The summed E-state index contributed by atoms with van der Waals surface area (Å²) in [6.45, 7) is 1.79. The zero-order valence-electron chi connectivity index (χ0n) is 10.8. The molecule has 1 heterocycles. The molecule has 0 saturated heterocycles. The number of benzene rings is 1. The van der Waals surface area contributed by atoms with E-state index in [-0.39, 0.29) is 11.7 Å². The molecule has 1 amide bonds. The summed E-state index contributed by atoms with van der Waals surface area (Å²) in [6, 6.07) is 13.5. The number of hydrogen-bond acceptors (Lipinski definition) is 3. The van der Waals surface area contributed by atoms with Crippen molar-refractivity contribution in [2.75, 3.05) is 0 Å². The zero-order valence-corrected chi connectivity index (χ0v) is 10.8. The number of furan rings is 1. The predicted octanol–water partition coefficient (Wildman–Crippen LogP) is 2.94. The molecule has 0 bridgehead atoms. The van der Waals surface area contributed by atoms with E-state index in [1.54, 1.807) is 25.3 Å². The lowest BCUT2D eigenvalue weighted by Crippen LogP contribution is -2.16. The monoisotopic (exact) mass is 256 g/mol. The van der Waals surface area contributed by atoms with Crippen molar-refractivity contribution in [3.8, 4) is 0 Å². The van der Waals surface area contributed by atoms with Crippen molar-refractivity contribution in [3.63, 3.8) is 0 Å². The van der Waals surface area contributed by atoms with Gasteiger partial charge in [-0.3, -0.25) is 4.79 Å². The molecule has 19 heavy (non-hydrogen) atoms. The topological polar surface area (TPSA) is 54.6 Å². The fourth-order valence-electron chi connectivity index (χ4n) is 1.66. The minimum absolute atomic E-state index is 0.276. The summed E-state index contributed by atoms with van der Waals surface area (Å²) in [5.74, 6) is 0.653. The second-order valence-electron chi connectivity index (χ2n) is 4.19. The molecule has 0 aliphatic rings. The molecule has 0 unspecified atom stereocenters. The van der Waals surface area contributed by atoms with Gasteiger partial charge in [0, 0.05) is 6.21 Å². The van der Waals surface area contributed by atoms with Crippen LogP contribution in [-0.2, 0) is 6.42 Å². The highest BCUT2D eigenvalue weighted by Crippen LogP contribution is 2.05. The largest absolute Gasteiger partial charge is 0.456 e. The standard InChI is InChI=1S/C15H16N2O2/c1-12-9-10-14(19-12)15(18)17-16-11-5-8-13-6-3-2-4-7-13/h2-4,6-7,9-11H,5,8H2,1H3,(H,17,18)/b16-11+. The SMILES string of the molecule is Cc1ccc(C(=O)N/N=C/CCc2ccccc2)o1. The fraction of sp³-hybridized carbons (Fsp3) is 0.200. The van der Waals surface area contributed by atoms with Crippen LogP contribution in [0.15, 0.2) is 52.0 Å². The summed E-state index contributed by atoms with van der Waals surface area (Å²) in [5.41, 5.74) is 3.69. The lowest BCUT2D eigenvalue weighted by Gasteiger charge is -1.97. The molecule has 4 heteroatoms. The van der Waals surface area contributed by atoms with Gasteiger partial charge in [0.1, 0.15) is 5.76 Å². The molecule has 0 fully saturated rings. The van der Waals surface area contributed by atoms with E-state index >= 15 is 0 Å². The van der Waals surface area contributed by atoms with Gasteiger partial charge in [0.25, 0.3) is 0 Å². The van der Waals surface area contributed by atoms with Crippen LogP contribution in [0.3, 0.4) is 0 Å². The normalized spacial score (nSPS) is 10.8. The zero-order chi connectivity index (χ0) is 13.5. The number of nitrogens with one attached hydrogen (secondary N) is 1. The maximum Gasteiger partial charge on any atom is 0.307 e. The van der Waals surface area contributed by atoms with E-state index in [1.165, 1.54) is 5.56 Å². The van der Waals surface area contributed by atoms with Crippen LogP contribution in [0.1, 0.15) is 28.3 Å². The second kappa shape index (κ2) is 6.54. The van der Waals surface area contributed by atoms with Crippen molar-refractivity contribution >= 4 is 12.1 Å². The van der Waals surface area contributed by atoms with Gasteiger partial charge in [0.2, 0.25) is 0 Å². The molecule has 0 aliphatic heterocycles. The number of hydrogen-bond donors (Lipinski definition) is 1. The highest BCUT2D eigenvalue weighted by Gasteiger charge is 2.07. The fourth-order valence-corrected chi connectivity index (χ4v) is 1.66. The molecule has 98 valence electrons. The Hall–Kier alpha value is -2.36. The lowest BCUT2D eigenvalue weighted by atomic mass is 10.1. The molecular formula is C15H16N2O2. The van der Waals surface area contributed by atoms with Gasteiger partial charge in [-0.2, -0.15) is 5.10 Å². The first-order valence-electron chi connectivity index (χ1n) is 6.18. The van der Waals surface area contributed by atoms with Crippen molar-refractivity contribution in [3.05, 3.63) is 59.5 Å². The van der Waals surface area contributed by atoms with Gasteiger partial charge < -0.3 is 4.42 Å². The Morgan fingerprint density at radius 3 is 2.74 bits per heavy atom. The highest BCUT2D eigenvalue weighted by atomic mass is 16.3. The van der Waals surface area contributed by atoms with Crippen molar-refractivity contribution in [2.24, 2.45) is 5.10 Å². The number of rotatable bonds is 5. The molecule has 1 N–H and O–H groups in total. The van der Waals surface area contributed by atoms with Crippen LogP contribution in [0.4, 0.5) is 0 Å². The maximum absolute atomic E-state index is 11.6. The predicted molar refractivity (Wildman–Crippen MR) is 74.2 cm³/mol. The van der Waals surface area contributed by atoms with Gasteiger partial charge in [-0.1, -0.05) is 30.3 Å². The average Bonchev–Trinajstić information content (AvgIpc) is 2.86. The van der Waals surface area contributed by atoms with E-state index in [9.17, 15) is 4.79 Å². The van der Waals surface area contributed by atoms with E-state index in [1.807, 2.05) is 18.2 Å². The van der Waals surface area contributed by atoms with Gasteiger partial charge in [0.05, 0.1) is 0 Å². The van der Waals surface area contributed by atoms with Crippen molar-refractivity contribution < 1.29 is 9.21 Å². The van der Waals surface area contributed by atoms with Crippen LogP contribution in [-0.4, -0.2) is 12.1 Å². The number of aryl methyl sites for hydroxylation is 2. The molecule has 0 radical (unpaired) electrons. The number of amides is 1. The Balaban J connectivity index is 1.73. The third-order valence-corrected chi connectivity index (χ3v) is 2.63. The van der Waals surface area contributed by atoms with Gasteiger partial charge >= 0.3 is 5.91 Å². The van der Waals surface area contributed by atoms with Crippen LogP contribution in [0.5, 0.6) is 0 Å². The Kier molecular flexibility index (Phi) is 4.50. The smallest absolute Gasteiger partial charge is 0.307 e. The van der Waals surface area contributed by atoms with Gasteiger partial charge in [-0.15, -0.1) is 0 Å². The van der Waals surface area contributed by atoms with Crippen molar-refractivity contribution in [1.29, 1.82) is 0 Å². The molecule has 2 aromatic rings. The molecule has 0 aliphatic carbocycles. The Morgan fingerprint density at radius 1 is 1.26 bits per heavy atom. The van der Waals surface area contributed by atoms with E-state index < -0.39 is 0 Å². The van der Waals surface area contributed by atoms with E-state index in [0.29, 0.717) is 5.76 Å². The Morgan fingerprint density at radius 2 is 2.05 bits per heavy atom. The first-order chi connectivity index (χ1) is 9.25. The van der Waals surface area contributed by atoms with E-state index in [4.69, 9.17) is 4.42 Å². The molecule has 4 nitrogen and oxygen atoms in total. The van der Waals surface area contributed by atoms with Crippen LogP contribution < -0.4 is 5.43 Å². The highest BCUT2D eigenvalue weighted by molar-refractivity contribution is 5.91. The number of nitrogens with zero attached hydrogens (tertiary/aromatic N) is 1. The van der Waals surface area contributed by atoms with Crippen LogP contribution in [0, 0.1) is 6.92 Å². The molecule has 0 atom stereocenters. The summed E-state index contributed by atoms with van der Waals surface area (Å²) < 4.78 is 5.19. The molecule has 0 saturated carbocycles. The second-order valence-corrected chi connectivity index (χ2v) is 4.19. The quantitative estimate of drug-likeness (QED) is 0.660. The van der Waals surface area contributed by atoms with Crippen molar-refractivity contribution in [1.82, 2.24) is 5.43 Å². The number of hydrazone groups is 1. The minimum Gasteiger partial charge on any atom is -0.456 e. The van der Waals surface area contributed by atoms with Crippen molar-refractivity contribution in [2.45, 2.75) is 19.8 Å². The first-order valence-corrected chi connectivity index (χ1v) is 6.18. The minimum atomic E-state index is -0.330. The van der Waals surface area contributed by atoms with Crippen LogP contribution in [0.25, 0.3) is 0 Å². The Bertz CT molecular complexity index is 559. The van der Waals surface area contributed by atoms with Gasteiger partial charge in [-0.25, -0.2) is 5.43 Å². The Labute approximate surface area is 112 Å². The third kappa shape index (κ3) is 4.10. The molecule has 0 spiro atoms. The molecule has 1 aromatic carbocycles. The maximum atomic E-state index is 11.6. The summed E-state index contributed by atoms with van der Waals surface area (Å²) in [5, 5.41) is 3.89. The summed E-state index contributed by atoms with van der Waals surface area (Å²) >= 11 is 0. The molecule has 2 rings (SSSR count). The molecular weight excluding hydrogens is 240 g/mol. The van der Waals surface area contributed by atoms with E-state index in [2.05, 4.69) is 22.7 Å². The third-order valence-electron chi connectivity index (χ3n) is 2.63. The first kappa shape index (κ1) is 13.1. The van der Waals surface area contributed by atoms with Crippen LogP contribution >= 0.6 is 0 Å². The lowest BCUT2D eigenvalue weighted by molar-refractivity contribution is 0.0926. The van der Waals surface area contributed by atoms with Crippen LogP contribution in [0.2, 0.25) is 0 Å². The van der Waals surface area contributed by atoms with E-state index in [0.717, 1.165) is 12.8 Å². The van der Waals surface area contributed by atoms with Gasteiger partial charge in [0.15, 0.2) is 5.76 Å². The molecule has 1 aromatic heterocycles. The summed E-state index contributed by atoms with van der Waals surface area (Å²) in [7, 11) is 0. The average molecular weight is 256 g/mol. The summed E-state index contributed by atoms with van der Waals surface area (Å²) in [6.07, 6.45) is 3.38. The van der Waals surface area contributed by atoms with Gasteiger partial charge in [-0.05, 0) is 37.5 Å². The number of carbonyl (C=O) groups excluding carboxylic acids is 1. The summed E-state index contributed by atoms with van der Waals surface area (Å²) in [4.78, 5) is 11.6.